The molecule has 212 valence electrons. The number of carbonyl (C=O) groups excluding carboxylic acids is 2. The second kappa shape index (κ2) is 11.4. The highest BCUT2D eigenvalue weighted by molar-refractivity contribution is 6.03. The van der Waals surface area contributed by atoms with Crippen molar-refractivity contribution in [3.63, 3.8) is 0 Å². The molecule has 6 rings (SSSR count). The van der Waals surface area contributed by atoms with Crippen LogP contribution in [-0.4, -0.2) is 49.6 Å². The number of fused-ring (bicyclic) bond motifs is 1. The van der Waals surface area contributed by atoms with Crippen molar-refractivity contribution < 1.29 is 18.4 Å². The van der Waals surface area contributed by atoms with Gasteiger partial charge >= 0.3 is 6.03 Å². The maximum Gasteiger partial charge on any atom is 0.319 e. The van der Waals surface area contributed by atoms with E-state index in [1.165, 1.54) is 35.1 Å². The molecule has 1 aromatic carbocycles. The van der Waals surface area contributed by atoms with Crippen LogP contribution in [0.15, 0.2) is 55.0 Å². The molecular weight excluding hydrogens is 532 g/mol. The molecule has 2 saturated carbocycles. The molecule has 41 heavy (non-hydrogen) atoms. The van der Waals surface area contributed by atoms with E-state index in [1.54, 1.807) is 12.1 Å². The van der Waals surface area contributed by atoms with E-state index < -0.39 is 17.5 Å². The Kier molecular flexibility index (Phi) is 7.32. The van der Waals surface area contributed by atoms with E-state index >= 15 is 0 Å². The highest BCUT2D eigenvalue weighted by atomic mass is 19.1. The minimum Gasteiger partial charge on any atom is -0.379 e. The van der Waals surface area contributed by atoms with E-state index in [0.29, 0.717) is 23.2 Å². The van der Waals surface area contributed by atoms with Crippen LogP contribution >= 0.6 is 0 Å². The lowest BCUT2D eigenvalue weighted by Gasteiger charge is -2.30. The largest absolute Gasteiger partial charge is 0.379 e. The number of urea groups is 1. The predicted octanol–water partition coefficient (Wildman–Crippen LogP) is 4.77. The summed E-state index contributed by atoms with van der Waals surface area (Å²) in [4.78, 5) is 33.5. The average Bonchev–Trinajstić information content (AvgIpc) is 3.66. The molecule has 0 spiro atoms. The Morgan fingerprint density at radius 2 is 1.61 bits per heavy atom. The van der Waals surface area contributed by atoms with Gasteiger partial charge in [-0.15, -0.1) is 5.10 Å². The number of anilines is 4. The molecule has 0 unspecified atom stereocenters. The summed E-state index contributed by atoms with van der Waals surface area (Å²) in [6.07, 6.45) is 9.02. The van der Waals surface area contributed by atoms with Crippen molar-refractivity contribution in [3.8, 4) is 0 Å². The minimum absolute atomic E-state index is 0.0123. The second-order valence-electron chi connectivity index (χ2n) is 10.4. The molecule has 11 nitrogen and oxygen atoms in total. The summed E-state index contributed by atoms with van der Waals surface area (Å²) in [5.41, 5.74) is 1.83. The highest BCUT2D eigenvalue weighted by Crippen LogP contribution is 2.30. The first-order chi connectivity index (χ1) is 19.9. The molecule has 0 bridgehead atoms. The van der Waals surface area contributed by atoms with Crippen molar-refractivity contribution in [2.45, 2.75) is 56.7 Å². The van der Waals surface area contributed by atoms with Gasteiger partial charge in [-0.3, -0.25) is 9.78 Å². The first-order valence-corrected chi connectivity index (χ1v) is 13.6. The average molecular weight is 562 g/mol. The number of nitrogens with zero attached hydrogens (tertiary/aromatic N) is 4. The summed E-state index contributed by atoms with van der Waals surface area (Å²) in [5.74, 6) is -1.03. The van der Waals surface area contributed by atoms with Crippen LogP contribution in [0.2, 0.25) is 0 Å². The van der Waals surface area contributed by atoms with Gasteiger partial charge < -0.3 is 26.6 Å². The van der Waals surface area contributed by atoms with Gasteiger partial charge in [0, 0.05) is 36.1 Å². The third-order valence-corrected chi connectivity index (χ3v) is 7.15. The summed E-state index contributed by atoms with van der Waals surface area (Å²) in [7, 11) is 0. The number of carbonyl (C=O) groups is 2. The molecule has 2 aliphatic rings. The fourth-order valence-electron chi connectivity index (χ4n) is 4.92. The van der Waals surface area contributed by atoms with Crippen LogP contribution in [0.1, 0.15) is 49.0 Å². The van der Waals surface area contributed by atoms with Gasteiger partial charge in [0.1, 0.15) is 11.6 Å². The van der Waals surface area contributed by atoms with Crippen molar-refractivity contribution in [1.82, 2.24) is 24.9 Å². The number of pyridine rings is 1. The number of aromatic nitrogens is 4. The zero-order valence-corrected chi connectivity index (χ0v) is 22.0. The number of rotatable bonds is 8. The lowest BCUT2D eigenvalue weighted by molar-refractivity contribution is 0.102. The van der Waals surface area contributed by atoms with Gasteiger partial charge in [-0.2, -0.15) is 0 Å². The Hall–Kier alpha value is -4.81. The molecule has 13 heteroatoms. The van der Waals surface area contributed by atoms with Gasteiger partial charge in [0.05, 0.1) is 23.8 Å². The minimum atomic E-state index is -0.641. The van der Waals surface area contributed by atoms with Crippen LogP contribution in [0.5, 0.6) is 0 Å². The molecular formula is C28H29F2N9O2. The topological polar surface area (TPSA) is 137 Å². The normalized spacial score (nSPS) is 18.5. The number of hydrogen-bond acceptors (Lipinski definition) is 7. The molecule has 2 fully saturated rings. The lowest BCUT2D eigenvalue weighted by Crippen LogP contribution is -2.42. The van der Waals surface area contributed by atoms with E-state index in [9.17, 15) is 18.4 Å². The molecule has 4 aromatic rings. The molecule has 3 aromatic heterocycles. The van der Waals surface area contributed by atoms with Gasteiger partial charge in [-0.05, 0) is 62.8 Å². The molecule has 0 atom stereocenters. The summed E-state index contributed by atoms with van der Waals surface area (Å²) in [6, 6.07) is 9.10. The Balaban J connectivity index is 1.12. The molecule has 2 aliphatic carbocycles. The number of amides is 3. The maximum absolute atomic E-state index is 14.1. The third kappa shape index (κ3) is 6.34. The van der Waals surface area contributed by atoms with Gasteiger partial charge in [0.25, 0.3) is 5.91 Å². The molecule has 0 radical (unpaired) electrons. The van der Waals surface area contributed by atoms with Gasteiger partial charge in [0.2, 0.25) is 0 Å². The number of imidazole rings is 1. The monoisotopic (exact) mass is 561 g/mol. The summed E-state index contributed by atoms with van der Waals surface area (Å²) in [6.45, 7) is 0. The second-order valence-corrected chi connectivity index (χ2v) is 10.4. The van der Waals surface area contributed by atoms with Crippen molar-refractivity contribution >= 4 is 40.5 Å². The number of nitrogens with one attached hydrogen (secondary N) is 5. The lowest BCUT2D eigenvalue weighted by atomic mass is 9.91. The van der Waals surface area contributed by atoms with Crippen molar-refractivity contribution in [1.29, 1.82) is 0 Å². The van der Waals surface area contributed by atoms with Crippen molar-refractivity contribution in [2.75, 3.05) is 21.3 Å². The summed E-state index contributed by atoms with van der Waals surface area (Å²) < 4.78 is 28.9. The molecule has 0 aliphatic heterocycles. The number of benzene rings is 1. The zero-order chi connectivity index (χ0) is 28.3. The number of halogens is 2. The third-order valence-electron chi connectivity index (χ3n) is 7.15. The van der Waals surface area contributed by atoms with Crippen LogP contribution in [0, 0.1) is 11.6 Å². The van der Waals surface area contributed by atoms with Gasteiger partial charge in [0.15, 0.2) is 17.2 Å². The van der Waals surface area contributed by atoms with Gasteiger partial charge in [-0.1, -0.05) is 6.07 Å². The van der Waals surface area contributed by atoms with Crippen molar-refractivity contribution in [3.05, 3.63) is 72.3 Å². The first kappa shape index (κ1) is 26.4. The summed E-state index contributed by atoms with van der Waals surface area (Å²) >= 11 is 0. The molecule has 5 N–H and O–H groups in total. The SMILES string of the molecule is O=C(Nc1cccc(F)c1)NC1CCC(Nc2cc(NC3CC3)c3ncc(C(=O)Nc4ccncc4F)n3n2)CC1. The quantitative estimate of drug-likeness (QED) is 0.209. The molecule has 0 saturated heterocycles. The fraction of sp³-hybridized carbons (Fsp3) is 0.321. The zero-order valence-electron chi connectivity index (χ0n) is 22.0. The van der Waals surface area contributed by atoms with Gasteiger partial charge in [-0.25, -0.2) is 23.1 Å². The van der Waals surface area contributed by atoms with E-state index in [1.807, 2.05) is 6.07 Å². The van der Waals surface area contributed by atoms with Crippen LogP contribution in [0.4, 0.5) is 36.5 Å². The van der Waals surface area contributed by atoms with E-state index in [0.717, 1.165) is 50.4 Å². The van der Waals surface area contributed by atoms with Crippen LogP contribution in [0.25, 0.3) is 5.65 Å². The molecule has 3 amide bonds. The van der Waals surface area contributed by atoms with E-state index in [4.69, 9.17) is 0 Å². The predicted molar refractivity (Wildman–Crippen MR) is 150 cm³/mol. The Morgan fingerprint density at radius 1 is 0.854 bits per heavy atom. The number of hydrogen-bond donors (Lipinski definition) is 5. The Morgan fingerprint density at radius 3 is 2.37 bits per heavy atom. The maximum atomic E-state index is 14.1. The van der Waals surface area contributed by atoms with Crippen LogP contribution in [0.3, 0.4) is 0 Å². The highest BCUT2D eigenvalue weighted by Gasteiger charge is 2.26. The smallest absolute Gasteiger partial charge is 0.319 e. The van der Waals surface area contributed by atoms with Crippen LogP contribution < -0.4 is 26.6 Å². The van der Waals surface area contributed by atoms with Crippen molar-refractivity contribution in [2.24, 2.45) is 0 Å². The standard InChI is InChI=1S/C28H29F2N9O2/c29-16-2-1-3-20(12-16)36-28(41)35-19-8-6-18(7-9-19)34-25-13-23(33-17-4-5-17)26-32-15-24(39(26)38-25)27(40)37-22-10-11-31-14-21(22)30/h1-3,10-15,17-19,33H,4-9H2,(H,34,38)(H,31,37,40)(H2,35,36,41). The van der Waals surface area contributed by atoms with E-state index in [2.05, 4.69) is 41.7 Å². The first-order valence-electron chi connectivity index (χ1n) is 13.6. The van der Waals surface area contributed by atoms with Crippen LogP contribution in [-0.2, 0) is 0 Å². The molecule has 3 heterocycles. The fourth-order valence-corrected chi connectivity index (χ4v) is 4.92. The Labute approximate surface area is 234 Å². The van der Waals surface area contributed by atoms with E-state index in [-0.39, 0.29) is 29.5 Å². The summed E-state index contributed by atoms with van der Waals surface area (Å²) in [5, 5.41) is 19.8. The Bertz CT molecular complexity index is 1580.